The highest BCUT2D eigenvalue weighted by molar-refractivity contribution is 5.98. The van der Waals surface area contributed by atoms with Crippen LogP contribution >= 0.6 is 0 Å². The molecular formula is C15H16FNO4. The van der Waals surface area contributed by atoms with Crippen molar-refractivity contribution in [3.05, 3.63) is 48.6 Å². The third kappa shape index (κ3) is 2.67. The molecule has 0 radical (unpaired) electrons. The Kier molecular flexibility index (Phi) is 4.09. The summed E-state index contributed by atoms with van der Waals surface area (Å²) in [7, 11) is 0. The van der Waals surface area contributed by atoms with E-state index in [1.807, 2.05) is 0 Å². The minimum atomic E-state index is -2.65. The lowest BCUT2D eigenvalue weighted by atomic mass is 9.97. The Morgan fingerprint density at radius 3 is 2.76 bits per heavy atom. The van der Waals surface area contributed by atoms with Crippen LogP contribution in [0.2, 0.25) is 0 Å². The molecule has 1 saturated heterocycles. The number of carbonyl (C=O) groups is 2. The Morgan fingerprint density at radius 1 is 1.57 bits per heavy atom. The van der Waals surface area contributed by atoms with Crippen molar-refractivity contribution in [3.8, 4) is 0 Å². The van der Waals surface area contributed by atoms with Crippen LogP contribution in [0, 0.1) is 0 Å². The molecule has 1 aromatic carbocycles. The Bertz CT molecular complexity index is 558. The fourth-order valence-electron chi connectivity index (χ4n) is 2.15. The van der Waals surface area contributed by atoms with E-state index in [0.717, 1.165) is 13.0 Å². The molecule has 0 saturated carbocycles. The van der Waals surface area contributed by atoms with E-state index in [9.17, 15) is 19.1 Å². The molecule has 1 fully saturated rings. The highest BCUT2D eigenvalue weighted by atomic mass is 19.1. The number of imide groups is 1. The number of aliphatic hydroxyl groups excluding tert-OH is 1. The van der Waals surface area contributed by atoms with E-state index in [-0.39, 0.29) is 6.61 Å². The summed E-state index contributed by atoms with van der Waals surface area (Å²) in [6.45, 7) is 4.12. The first kappa shape index (κ1) is 15.2. The molecule has 1 aliphatic heterocycles. The number of nitrogens with zero attached hydrogens (tertiary/aromatic N) is 1. The molecule has 3 atom stereocenters. The van der Waals surface area contributed by atoms with Crippen molar-refractivity contribution in [1.29, 1.82) is 0 Å². The highest BCUT2D eigenvalue weighted by Gasteiger charge is 2.50. The molecule has 5 nitrogen and oxygen atoms in total. The second-order valence-electron chi connectivity index (χ2n) is 4.93. The molecule has 0 unspecified atom stereocenters. The van der Waals surface area contributed by atoms with E-state index in [1.54, 1.807) is 30.3 Å². The minimum absolute atomic E-state index is 0.0468. The maximum absolute atomic E-state index is 14.5. The van der Waals surface area contributed by atoms with Crippen LogP contribution in [0.25, 0.3) is 0 Å². The van der Waals surface area contributed by atoms with Crippen LogP contribution in [0.4, 0.5) is 9.18 Å². The lowest BCUT2D eigenvalue weighted by molar-refractivity contribution is -0.146. The zero-order valence-corrected chi connectivity index (χ0v) is 11.5. The van der Waals surface area contributed by atoms with E-state index < -0.39 is 29.8 Å². The van der Waals surface area contributed by atoms with Gasteiger partial charge in [0.2, 0.25) is 5.67 Å². The quantitative estimate of drug-likeness (QED) is 0.862. The maximum atomic E-state index is 14.5. The molecule has 1 N–H and O–H groups in total. The summed E-state index contributed by atoms with van der Waals surface area (Å²) in [5, 5.41) is 9.57. The summed E-state index contributed by atoms with van der Waals surface area (Å²) in [6, 6.07) is 7.99. The van der Waals surface area contributed by atoms with Crippen LogP contribution in [0.15, 0.2) is 43.0 Å². The van der Waals surface area contributed by atoms with Gasteiger partial charge in [0.25, 0.3) is 5.91 Å². The Labute approximate surface area is 121 Å². The number of aliphatic hydroxyl groups is 1. The number of benzene rings is 1. The van der Waals surface area contributed by atoms with Gasteiger partial charge in [-0.05, 0) is 12.5 Å². The molecule has 0 aliphatic carbocycles. The number of hydrogen-bond donors (Lipinski definition) is 1. The first-order chi connectivity index (χ1) is 9.89. The van der Waals surface area contributed by atoms with Crippen LogP contribution in [0.5, 0.6) is 0 Å². The standard InChI is InChI=1S/C15H16FNO4/c1-3-12(18)15(2,16)13(19)17-11(9-21-14(17)20)10-7-5-4-6-8-10/h3-8,11-12,18H,1,9H2,2H3/t11-,12+,15+/m0/s1. The average Bonchev–Trinajstić information content (AvgIpc) is 2.87. The highest BCUT2D eigenvalue weighted by Crippen LogP contribution is 2.32. The normalized spacial score (nSPS) is 22.3. The van der Waals surface area contributed by atoms with Gasteiger partial charge in [-0.2, -0.15) is 0 Å². The Morgan fingerprint density at radius 2 is 2.19 bits per heavy atom. The van der Waals surface area contributed by atoms with Crippen molar-refractivity contribution in [1.82, 2.24) is 4.90 Å². The van der Waals surface area contributed by atoms with Gasteiger partial charge in [-0.3, -0.25) is 4.79 Å². The molecule has 2 rings (SSSR count). The van der Waals surface area contributed by atoms with E-state index in [0.29, 0.717) is 10.5 Å². The molecule has 1 aromatic rings. The summed E-state index contributed by atoms with van der Waals surface area (Å²) in [5.41, 5.74) is -2.00. The largest absolute Gasteiger partial charge is 0.446 e. The zero-order chi connectivity index (χ0) is 15.6. The summed E-state index contributed by atoms with van der Waals surface area (Å²) < 4.78 is 19.3. The van der Waals surface area contributed by atoms with Crippen LogP contribution in [0.1, 0.15) is 18.5 Å². The van der Waals surface area contributed by atoms with Crippen LogP contribution in [-0.2, 0) is 9.53 Å². The molecule has 21 heavy (non-hydrogen) atoms. The number of rotatable bonds is 4. The second-order valence-corrected chi connectivity index (χ2v) is 4.93. The van der Waals surface area contributed by atoms with Gasteiger partial charge < -0.3 is 9.84 Å². The number of alkyl halides is 1. The number of carbonyl (C=O) groups excluding carboxylic acids is 2. The molecule has 0 bridgehead atoms. The van der Waals surface area contributed by atoms with Gasteiger partial charge in [0, 0.05) is 0 Å². The van der Waals surface area contributed by atoms with Gasteiger partial charge >= 0.3 is 6.09 Å². The Hall–Kier alpha value is -2.21. The fourth-order valence-corrected chi connectivity index (χ4v) is 2.15. The number of ether oxygens (including phenoxy) is 1. The number of cyclic esters (lactones) is 1. The van der Waals surface area contributed by atoms with Gasteiger partial charge in [-0.1, -0.05) is 36.4 Å². The lowest BCUT2D eigenvalue weighted by Crippen LogP contribution is -2.51. The van der Waals surface area contributed by atoms with Crippen LogP contribution in [0.3, 0.4) is 0 Å². The van der Waals surface area contributed by atoms with Gasteiger partial charge in [0.15, 0.2) is 0 Å². The van der Waals surface area contributed by atoms with Gasteiger partial charge in [0.1, 0.15) is 18.8 Å². The van der Waals surface area contributed by atoms with Gasteiger partial charge in [-0.15, -0.1) is 6.58 Å². The third-order valence-electron chi connectivity index (χ3n) is 3.47. The molecular weight excluding hydrogens is 277 g/mol. The predicted molar refractivity (Wildman–Crippen MR) is 73.1 cm³/mol. The van der Waals surface area contributed by atoms with Crippen molar-refractivity contribution in [2.45, 2.75) is 24.7 Å². The van der Waals surface area contributed by atoms with E-state index in [4.69, 9.17) is 4.74 Å². The fraction of sp³-hybridized carbons (Fsp3) is 0.333. The van der Waals surface area contributed by atoms with Gasteiger partial charge in [-0.25, -0.2) is 14.1 Å². The van der Waals surface area contributed by atoms with Crippen molar-refractivity contribution in [3.63, 3.8) is 0 Å². The molecule has 1 aliphatic rings. The number of hydrogen-bond acceptors (Lipinski definition) is 4. The van der Waals surface area contributed by atoms with E-state index in [2.05, 4.69) is 6.58 Å². The Balaban J connectivity index is 2.33. The zero-order valence-electron chi connectivity index (χ0n) is 11.5. The smallest absolute Gasteiger partial charge is 0.417 e. The van der Waals surface area contributed by atoms with Crippen molar-refractivity contribution in [2.24, 2.45) is 0 Å². The third-order valence-corrected chi connectivity index (χ3v) is 3.47. The summed E-state index contributed by atoms with van der Waals surface area (Å²) in [4.78, 5) is 24.8. The number of halogens is 1. The summed E-state index contributed by atoms with van der Waals surface area (Å²) in [5.74, 6) is -1.15. The minimum Gasteiger partial charge on any atom is -0.446 e. The van der Waals surface area contributed by atoms with Crippen molar-refractivity contribution < 1.29 is 23.8 Å². The first-order valence-electron chi connectivity index (χ1n) is 6.44. The van der Waals surface area contributed by atoms with Crippen molar-refractivity contribution in [2.75, 3.05) is 6.61 Å². The van der Waals surface area contributed by atoms with E-state index in [1.165, 1.54) is 0 Å². The topological polar surface area (TPSA) is 66.8 Å². The number of amides is 2. The first-order valence-corrected chi connectivity index (χ1v) is 6.44. The van der Waals surface area contributed by atoms with Crippen LogP contribution in [-0.4, -0.2) is 40.4 Å². The molecule has 6 heteroatoms. The molecule has 1 heterocycles. The van der Waals surface area contributed by atoms with Gasteiger partial charge in [0.05, 0.1) is 0 Å². The SMILES string of the molecule is C=C[C@@H](O)[C@@](C)(F)C(=O)N1C(=O)OC[C@H]1c1ccccc1. The lowest BCUT2D eigenvalue weighted by Gasteiger charge is -2.29. The van der Waals surface area contributed by atoms with Crippen LogP contribution < -0.4 is 0 Å². The predicted octanol–water partition coefficient (Wildman–Crippen LogP) is 1.98. The monoisotopic (exact) mass is 293 g/mol. The molecule has 0 aromatic heterocycles. The maximum Gasteiger partial charge on any atom is 0.417 e. The molecule has 0 spiro atoms. The molecule has 112 valence electrons. The summed E-state index contributed by atoms with van der Waals surface area (Å²) in [6.07, 6.45) is -1.72. The summed E-state index contributed by atoms with van der Waals surface area (Å²) >= 11 is 0. The second kappa shape index (κ2) is 5.65. The van der Waals surface area contributed by atoms with Crippen molar-refractivity contribution >= 4 is 12.0 Å². The van der Waals surface area contributed by atoms with E-state index >= 15 is 0 Å². The molecule has 2 amide bonds. The average molecular weight is 293 g/mol.